The second-order valence-corrected chi connectivity index (χ2v) is 5.00. The zero-order chi connectivity index (χ0) is 10.8. The van der Waals surface area contributed by atoms with Gasteiger partial charge in [-0.3, -0.25) is 0 Å². The molecule has 1 aliphatic heterocycles. The summed E-state index contributed by atoms with van der Waals surface area (Å²) in [5.74, 6) is 0.515. The molecule has 14 heavy (non-hydrogen) atoms. The molecule has 0 aromatic carbocycles. The Hall–Kier alpha value is -0.590. The van der Waals surface area contributed by atoms with Crippen LogP contribution in [0, 0.1) is 22.7 Å². The van der Waals surface area contributed by atoms with Crippen LogP contribution in [0.1, 0.15) is 26.7 Å². The quantitative estimate of drug-likeness (QED) is 0.720. The van der Waals surface area contributed by atoms with Gasteiger partial charge in [0.05, 0.1) is 11.5 Å². The van der Waals surface area contributed by atoms with E-state index in [1.165, 1.54) is 0 Å². The summed E-state index contributed by atoms with van der Waals surface area (Å²) in [6, 6.07) is 2.33. The normalized spacial score (nSPS) is 23.1. The largest absolute Gasteiger partial charge is 0.326 e. The molecule has 0 radical (unpaired) electrons. The molecule has 0 aromatic heterocycles. The number of piperidine rings is 1. The lowest BCUT2D eigenvalue weighted by Gasteiger charge is -2.37. The molecule has 2 N–H and O–H groups in total. The zero-order valence-electron chi connectivity index (χ0n) is 9.45. The van der Waals surface area contributed by atoms with Gasteiger partial charge in [0.25, 0.3) is 0 Å². The van der Waals surface area contributed by atoms with Gasteiger partial charge in [-0.15, -0.1) is 0 Å². The molecule has 1 rings (SSSR count). The fourth-order valence-corrected chi connectivity index (χ4v) is 2.05. The number of hydrogen-bond donors (Lipinski definition) is 1. The van der Waals surface area contributed by atoms with E-state index >= 15 is 0 Å². The summed E-state index contributed by atoms with van der Waals surface area (Å²) in [7, 11) is 2.14. The number of nitrogens with two attached hydrogens (primary N) is 1. The van der Waals surface area contributed by atoms with E-state index in [2.05, 4.69) is 18.0 Å². The van der Waals surface area contributed by atoms with Gasteiger partial charge in [-0.1, -0.05) is 0 Å². The predicted octanol–water partition coefficient (Wildman–Crippen LogP) is 1.21. The first-order valence-corrected chi connectivity index (χ1v) is 5.33. The Morgan fingerprint density at radius 2 is 1.93 bits per heavy atom. The molecule has 1 unspecified atom stereocenters. The Morgan fingerprint density at radius 3 is 2.36 bits per heavy atom. The van der Waals surface area contributed by atoms with Crippen LogP contribution < -0.4 is 5.73 Å². The Bertz CT molecular complexity index is 221. The van der Waals surface area contributed by atoms with Crippen LogP contribution in [-0.2, 0) is 0 Å². The van der Waals surface area contributed by atoms with Crippen LogP contribution in [0.15, 0.2) is 0 Å². The van der Waals surface area contributed by atoms with Crippen molar-refractivity contribution in [1.82, 2.24) is 4.90 Å². The smallest absolute Gasteiger partial charge is 0.0700 e. The molecule has 3 nitrogen and oxygen atoms in total. The molecular formula is C11H21N3. The van der Waals surface area contributed by atoms with E-state index in [0.717, 1.165) is 25.9 Å². The first-order valence-electron chi connectivity index (χ1n) is 5.33. The monoisotopic (exact) mass is 195 g/mol. The van der Waals surface area contributed by atoms with Crippen molar-refractivity contribution in [2.45, 2.75) is 32.7 Å². The molecule has 80 valence electrons. The molecule has 1 fully saturated rings. The lowest BCUT2D eigenvalue weighted by molar-refractivity contribution is 0.163. The van der Waals surface area contributed by atoms with Crippen molar-refractivity contribution in [3.63, 3.8) is 0 Å². The molecule has 1 heterocycles. The maximum atomic E-state index is 9.01. The van der Waals surface area contributed by atoms with Crippen LogP contribution in [0.25, 0.3) is 0 Å². The first-order chi connectivity index (χ1) is 6.47. The highest BCUT2D eigenvalue weighted by Gasteiger charge is 2.34. The molecule has 0 aliphatic carbocycles. The van der Waals surface area contributed by atoms with E-state index < -0.39 is 0 Å². The van der Waals surface area contributed by atoms with Crippen molar-refractivity contribution in [3.8, 4) is 6.07 Å². The number of likely N-dealkylation sites (tertiary alicyclic amines) is 1. The summed E-state index contributed by atoms with van der Waals surface area (Å²) >= 11 is 0. The van der Waals surface area contributed by atoms with Gasteiger partial charge in [-0.2, -0.15) is 5.26 Å². The molecular weight excluding hydrogens is 174 g/mol. The molecule has 0 spiro atoms. The summed E-state index contributed by atoms with van der Waals surface area (Å²) in [5.41, 5.74) is 5.75. The van der Waals surface area contributed by atoms with E-state index in [4.69, 9.17) is 11.0 Å². The highest BCUT2D eigenvalue weighted by molar-refractivity contribution is 5.02. The van der Waals surface area contributed by atoms with Crippen LogP contribution in [0.3, 0.4) is 0 Å². The van der Waals surface area contributed by atoms with Gasteiger partial charge in [0.2, 0.25) is 0 Å². The average Bonchev–Trinajstić information content (AvgIpc) is 2.18. The lowest BCUT2D eigenvalue weighted by atomic mass is 9.75. The number of hydrogen-bond acceptors (Lipinski definition) is 3. The maximum absolute atomic E-state index is 9.01. The van der Waals surface area contributed by atoms with Gasteiger partial charge in [-0.25, -0.2) is 0 Å². The van der Waals surface area contributed by atoms with Gasteiger partial charge in [0.1, 0.15) is 0 Å². The third kappa shape index (κ3) is 2.46. The van der Waals surface area contributed by atoms with Crippen molar-refractivity contribution in [1.29, 1.82) is 5.26 Å². The molecule has 1 saturated heterocycles. The molecule has 0 amide bonds. The topological polar surface area (TPSA) is 53.0 Å². The van der Waals surface area contributed by atoms with Gasteiger partial charge in [0.15, 0.2) is 0 Å². The summed E-state index contributed by atoms with van der Waals surface area (Å²) in [5, 5.41) is 9.01. The highest BCUT2D eigenvalue weighted by atomic mass is 15.1. The predicted molar refractivity (Wildman–Crippen MR) is 57.6 cm³/mol. The highest BCUT2D eigenvalue weighted by Crippen LogP contribution is 2.29. The zero-order valence-corrected chi connectivity index (χ0v) is 9.45. The summed E-state index contributed by atoms with van der Waals surface area (Å²) in [6.07, 6.45) is 2.26. The van der Waals surface area contributed by atoms with E-state index in [0.29, 0.717) is 5.92 Å². The summed E-state index contributed by atoms with van der Waals surface area (Å²) in [4.78, 5) is 2.32. The molecule has 0 bridgehead atoms. The third-order valence-corrected chi connectivity index (χ3v) is 3.39. The number of rotatable bonds is 2. The van der Waals surface area contributed by atoms with Crippen molar-refractivity contribution in [2.24, 2.45) is 17.1 Å². The Labute approximate surface area is 86.9 Å². The van der Waals surface area contributed by atoms with E-state index in [1.54, 1.807) is 0 Å². The van der Waals surface area contributed by atoms with Crippen molar-refractivity contribution in [2.75, 3.05) is 20.1 Å². The molecule has 0 saturated carbocycles. The van der Waals surface area contributed by atoms with Gasteiger partial charge in [-0.05, 0) is 52.7 Å². The van der Waals surface area contributed by atoms with Crippen molar-refractivity contribution >= 4 is 0 Å². The van der Waals surface area contributed by atoms with Crippen LogP contribution in [0.5, 0.6) is 0 Å². The lowest BCUT2D eigenvalue weighted by Crippen LogP contribution is -2.46. The summed E-state index contributed by atoms with van der Waals surface area (Å²) in [6.45, 7) is 6.10. The number of nitrogens with zero attached hydrogens (tertiary/aromatic N) is 2. The van der Waals surface area contributed by atoms with Gasteiger partial charge >= 0.3 is 0 Å². The van der Waals surface area contributed by atoms with Gasteiger partial charge in [0, 0.05) is 6.04 Å². The second-order valence-electron chi connectivity index (χ2n) is 5.00. The minimum atomic E-state index is -0.388. The van der Waals surface area contributed by atoms with Crippen LogP contribution in [-0.4, -0.2) is 31.1 Å². The van der Waals surface area contributed by atoms with E-state index in [9.17, 15) is 0 Å². The fraction of sp³-hybridized carbons (Fsp3) is 0.909. The first kappa shape index (κ1) is 11.5. The Kier molecular flexibility index (Phi) is 3.52. The third-order valence-electron chi connectivity index (χ3n) is 3.39. The minimum Gasteiger partial charge on any atom is -0.326 e. The van der Waals surface area contributed by atoms with Crippen LogP contribution in [0.2, 0.25) is 0 Å². The molecule has 3 heteroatoms. The van der Waals surface area contributed by atoms with Crippen LogP contribution >= 0.6 is 0 Å². The molecule has 0 aromatic rings. The van der Waals surface area contributed by atoms with Gasteiger partial charge < -0.3 is 10.6 Å². The minimum absolute atomic E-state index is 0.0150. The Balaban J connectivity index is 2.54. The maximum Gasteiger partial charge on any atom is 0.0700 e. The van der Waals surface area contributed by atoms with Crippen LogP contribution in [0.4, 0.5) is 0 Å². The Morgan fingerprint density at radius 1 is 1.43 bits per heavy atom. The average molecular weight is 195 g/mol. The second kappa shape index (κ2) is 4.29. The van der Waals surface area contributed by atoms with E-state index in [-0.39, 0.29) is 11.5 Å². The van der Waals surface area contributed by atoms with Crippen molar-refractivity contribution in [3.05, 3.63) is 0 Å². The number of nitriles is 1. The summed E-state index contributed by atoms with van der Waals surface area (Å²) < 4.78 is 0. The van der Waals surface area contributed by atoms with E-state index in [1.807, 2.05) is 13.8 Å². The molecule has 1 aliphatic rings. The van der Waals surface area contributed by atoms with Crippen molar-refractivity contribution < 1.29 is 0 Å². The molecule has 1 atom stereocenters. The standard InChI is InChI=1S/C11H21N3/c1-11(2,8-12)10(13)9-4-6-14(3)7-5-9/h9-10H,4-7,13H2,1-3H3. The fourth-order valence-electron chi connectivity index (χ4n) is 2.05. The SMILES string of the molecule is CN1CCC(C(N)C(C)(C)C#N)CC1.